The van der Waals surface area contributed by atoms with Gasteiger partial charge in [0.25, 0.3) is 5.91 Å². The van der Waals surface area contributed by atoms with Crippen molar-refractivity contribution in [3.8, 4) is 5.75 Å². The number of amides is 1. The summed E-state index contributed by atoms with van der Waals surface area (Å²) in [5.41, 5.74) is 4.48. The number of benzene rings is 2. The molecule has 0 saturated carbocycles. The minimum Gasteiger partial charge on any atom is -0.482 e. The standard InChI is InChI=1S/C18H16ClN3O2/c1-22-11-13(14-6-2-4-8-16(14)22)10-20-21-18(23)12-24-17-9-5-3-7-15(17)19/h2-11H,12H2,1H3,(H,21,23). The molecule has 0 spiro atoms. The van der Waals surface area contributed by atoms with Crippen molar-refractivity contribution < 1.29 is 9.53 Å². The summed E-state index contributed by atoms with van der Waals surface area (Å²) in [5.74, 6) is 0.110. The van der Waals surface area contributed by atoms with Gasteiger partial charge in [-0.25, -0.2) is 5.43 Å². The highest BCUT2D eigenvalue weighted by Gasteiger charge is 2.05. The molecule has 0 atom stereocenters. The Morgan fingerprint density at radius 2 is 2.00 bits per heavy atom. The lowest BCUT2D eigenvalue weighted by molar-refractivity contribution is -0.123. The Morgan fingerprint density at radius 1 is 1.25 bits per heavy atom. The Kier molecular flexibility index (Phi) is 4.82. The van der Waals surface area contributed by atoms with Gasteiger partial charge in [-0.3, -0.25) is 4.79 Å². The summed E-state index contributed by atoms with van der Waals surface area (Å²) in [5, 5.41) is 5.53. The van der Waals surface area contributed by atoms with E-state index in [2.05, 4.69) is 10.5 Å². The average Bonchev–Trinajstić information content (AvgIpc) is 2.91. The van der Waals surface area contributed by atoms with Crippen LogP contribution in [0.5, 0.6) is 5.75 Å². The quantitative estimate of drug-likeness (QED) is 0.571. The fraction of sp³-hybridized carbons (Fsp3) is 0.111. The molecule has 0 aliphatic carbocycles. The number of aromatic nitrogens is 1. The molecule has 1 N–H and O–H groups in total. The Bertz CT molecular complexity index is 902. The van der Waals surface area contributed by atoms with Crippen molar-refractivity contribution in [2.75, 3.05) is 6.61 Å². The summed E-state index contributed by atoms with van der Waals surface area (Å²) in [6, 6.07) is 15.0. The number of halogens is 1. The topological polar surface area (TPSA) is 55.6 Å². The Labute approximate surface area is 144 Å². The van der Waals surface area contributed by atoms with Gasteiger partial charge >= 0.3 is 0 Å². The first-order valence-electron chi connectivity index (χ1n) is 7.38. The van der Waals surface area contributed by atoms with E-state index in [0.29, 0.717) is 10.8 Å². The fourth-order valence-electron chi connectivity index (χ4n) is 2.39. The number of para-hydroxylation sites is 2. The average molecular weight is 342 g/mol. The molecule has 2 aromatic carbocycles. The second-order valence-electron chi connectivity index (χ2n) is 5.22. The SMILES string of the molecule is Cn1cc(C=NNC(=O)COc2ccccc2Cl)c2ccccc21. The molecule has 0 aliphatic rings. The number of carbonyl (C=O) groups is 1. The molecule has 3 rings (SSSR count). The van der Waals surface area contributed by atoms with Crippen molar-refractivity contribution >= 4 is 34.6 Å². The number of fused-ring (bicyclic) bond motifs is 1. The third-order valence-corrected chi connectivity index (χ3v) is 3.83. The van der Waals surface area contributed by atoms with Gasteiger partial charge in [0.15, 0.2) is 6.61 Å². The van der Waals surface area contributed by atoms with E-state index in [1.807, 2.05) is 42.1 Å². The number of ether oxygens (including phenoxy) is 1. The van der Waals surface area contributed by atoms with Gasteiger partial charge in [-0.15, -0.1) is 0 Å². The zero-order valence-corrected chi connectivity index (χ0v) is 13.8. The number of nitrogens with one attached hydrogen (secondary N) is 1. The summed E-state index contributed by atoms with van der Waals surface area (Å²) in [4.78, 5) is 11.8. The first kappa shape index (κ1) is 16.1. The van der Waals surface area contributed by atoms with Crippen LogP contribution in [-0.2, 0) is 11.8 Å². The number of rotatable bonds is 5. The molecule has 0 aliphatic heterocycles. The normalized spacial score (nSPS) is 11.1. The first-order chi connectivity index (χ1) is 11.6. The summed E-state index contributed by atoms with van der Waals surface area (Å²) < 4.78 is 7.37. The van der Waals surface area contributed by atoms with Crippen LogP contribution in [0, 0.1) is 0 Å². The van der Waals surface area contributed by atoms with Crippen molar-refractivity contribution in [3.05, 3.63) is 65.3 Å². The molecule has 0 saturated heterocycles. The van der Waals surface area contributed by atoms with Crippen LogP contribution in [0.2, 0.25) is 5.02 Å². The van der Waals surface area contributed by atoms with E-state index in [4.69, 9.17) is 16.3 Å². The van der Waals surface area contributed by atoms with Crippen molar-refractivity contribution in [1.82, 2.24) is 9.99 Å². The van der Waals surface area contributed by atoms with Crippen molar-refractivity contribution in [3.63, 3.8) is 0 Å². The molecular weight excluding hydrogens is 326 g/mol. The number of hydrazone groups is 1. The van der Waals surface area contributed by atoms with Gasteiger partial charge in [-0.05, 0) is 18.2 Å². The molecule has 1 aromatic heterocycles. The van der Waals surface area contributed by atoms with Gasteiger partial charge in [0.2, 0.25) is 0 Å². The molecule has 122 valence electrons. The van der Waals surface area contributed by atoms with Gasteiger partial charge in [-0.2, -0.15) is 5.10 Å². The van der Waals surface area contributed by atoms with Gasteiger partial charge in [0.05, 0.1) is 11.2 Å². The van der Waals surface area contributed by atoms with Crippen LogP contribution in [0.4, 0.5) is 0 Å². The minimum atomic E-state index is -0.355. The maximum atomic E-state index is 11.8. The van der Waals surface area contributed by atoms with Crippen LogP contribution in [0.3, 0.4) is 0 Å². The molecule has 0 radical (unpaired) electrons. The van der Waals surface area contributed by atoms with E-state index in [-0.39, 0.29) is 12.5 Å². The molecule has 5 nitrogen and oxygen atoms in total. The lowest BCUT2D eigenvalue weighted by atomic mass is 10.2. The molecule has 1 amide bonds. The van der Waals surface area contributed by atoms with Crippen LogP contribution in [0.1, 0.15) is 5.56 Å². The third-order valence-electron chi connectivity index (χ3n) is 3.52. The number of carbonyl (C=O) groups excluding carboxylic acids is 1. The number of hydrogen-bond donors (Lipinski definition) is 1. The predicted octanol–water partition coefficient (Wildman–Crippen LogP) is 3.36. The first-order valence-corrected chi connectivity index (χ1v) is 7.76. The highest BCUT2D eigenvalue weighted by atomic mass is 35.5. The number of aryl methyl sites for hydroxylation is 1. The van der Waals surface area contributed by atoms with E-state index in [1.165, 1.54) is 0 Å². The van der Waals surface area contributed by atoms with E-state index < -0.39 is 0 Å². The Balaban J connectivity index is 1.59. The van der Waals surface area contributed by atoms with Crippen LogP contribution >= 0.6 is 11.6 Å². The maximum Gasteiger partial charge on any atom is 0.277 e. The lowest BCUT2D eigenvalue weighted by Gasteiger charge is -2.06. The zero-order valence-electron chi connectivity index (χ0n) is 13.1. The van der Waals surface area contributed by atoms with Crippen LogP contribution in [0.25, 0.3) is 10.9 Å². The monoisotopic (exact) mass is 341 g/mol. The zero-order chi connectivity index (χ0) is 16.9. The third kappa shape index (κ3) is 3.58. The van der Waals surface area contributed by atoms with Crippen LogP contribution in [-0.4, -0.2) is 23.3 Å². The van der Waals surface area contributed by atoms with Gasteiger partial charge in [0.1, 0.15) is 5.75 Å². The molecule has 1 heterocycles. The van der Waals surface area contributed by atoms with Crippen molar-refractivity contribution in [2.45, 2.75) is 0 Å². The second-order valence-corrected chi connectivity index (χ2v) is 5.63. The molecule has 0 bridgehead atoms. The summed E-state index contributed by atoms with van der Waals surface area (Å²) >= 11 is 5.96. The van der Waals surface area contributed by atoms with E-state index >= 15 is 0 Å². The maximum absolute atomic E-state index is 11.8. The van der Waals surface area contributed by atoms with E-state index in [1.54, 1.807) is 30.5 Å². The van der Waals surface area contributed by atoms with Crippen molar-refractivity contribution in [2.24, 2.45) is 12.1 Å². The predicted molar refractivity (Wildman–Crippen MR) is 95.6 cm³/mol. The highest BCUT2D eigenvalue weighted by molar-refractivity contribution is 6.32. The highest BCUT2D eigenvalue weighted by Crippen LogP contribution is 2.22. The Hall–Kier alpha value is -2.79. The van der Waals surface area contributed by atoms with E-state index in [9.17, 15) is 4.79 Å². The number of hydrogen-bond acceptors (Lipinski definition) is 3. The largest absolute Gasteiger partial charge is 0.482 e. The van der Waals surface area contributed by atoms with Gasteiger partial charge in [-0.1, -0.05) is 41.9 Å². The smallest absolute Gasteiger partial charge is 0.277 e. The molecule has 0 unspecified atom stereocenters. The minimum absolute atomic E-state index is 0.156. The molecule has 3 aromatic rings. The van der Waals surface area contributed by atoms with Gasteiger partial charge < -0.3 is 9.30 Å². The second kappa shape index (κ2) is 7.19. The number of nitrogens with zero attached hydrogens (tertiary/aromatic N) is 2. The summed E-state index contributed by atoms with van der Waals surface area (Å²) in [6.45, 7) is -0.156. The summed E-state index contributed by atoms with van der Waals surface area (Å²) in [6.07, 6.45) is 3.58. The lowest BCUT2D eigenvalue weighted by Crippen LogP contribution is -2.24. The van der Waals surface area contributed by atoms with Crippen molar-refractivity contribution in [1.29, 1.82) is 0 Å². The Morgan fingerprint density at radius 3 is 2.83 bits per heavy atom. The van der Waals surface area contributed by atoms with Gasteiger partial charge in [0, 0.05) is 29.7 Å². The molecule has 6 heteroatoms. The molecule has 0 fully saturated rings. The molecular formula is C18H16ClN3O2. The van der Waals surface area contributed by atoms with Crippen LogP contribution in [0.15, 0.2) is 59.8 Å². The summed E-state index contributed by atoms with van der Waals surface area (Å²) in [7, 11) is 1.97. The van der Waals surface area contributed by atoms with E-state index in [0.717, 1.165) is 16.5 Å². The fourth-order valence-corrected chi connectivity index (χ4v) is 2.58. The molecule has 24 heavy (non-hydrogen) atoms. The van der Waals surface area contributed by atoms with Crippen LogP contribution < -0.4 is 10.2 Å².